The summed E-state index contributed by atoms with van der Waals surface area (Å²) in [6.07, 6.45) is -8.81. The highest BCUT2D eigenvalue weighted by Gasteiger charge is 2.40. The number of hydrogen-bond donors (Lipinski definition) is 1. The quantitative estimate of drug-likeness (QED) is 0.445. The molecule has 0 atom stereocenters. The van der Waals surface area contributed by atoms with Gasteiger partial charge in [-0.1, -0.05) is 0 Å². The fourth-order valence-corrected chi connectivity index (χ4v) is 2.25. The van der Waals surface area contributed by atoms with Crippen molar-refractivity contribution in [2.75, 3.05) is 0 Å². The van der Waals surface area contributed by atoms with Gasteiger partial charge >= 0.3 is 18.3 Å². The number of benzene rings is 1. The monoisotopic (exact) mass is 410 g/mol. The molecule has 1 N–H and O–H groups in total. The zero-order valence-electron chi connectivity index (χ0n) is 9.31. The van der Waals surface area contributed by atoms with Crippen LogP contribution >= 0.6 is 22.6 Å². The van der Waals surface area contributed by atoms with Gasteiger partial charge in [-0.2, -0.15) is 26.3 Å². The summed E-state index contributed by atoms with van der Waals surface area (Å²) in [5, 5.41) is 8.35. The van der Waals surface area contributed by atoms with Crippen LogP contribution in [0.5, 0.6) is 0 Å². The molecule has 0 aliphatic rings. The van der Waals surface area contributed by atoms with Gasteiger partial charge in [-0.15, -0.1) is 0 Å². The number of aliphatic carboxylic acids is 1. The maximum Gasteiger partial charge on any atom is 0.417 e. The van der Waals surface area contributed by atoms with E-state index in [4.69, 9.17) is 5.11 Å². The van der Waals surface area contributed by atoms with E-state index in [-0.39, 0.29) is 0 Å². The number of carbonyl (C=O) groups is 1. The third-order valence-corrected chi connectivity index (χ3v) is 3.29. The molecule has 0 aliphatic heterocycles. The fraction of sp³-hybridized carbons (Fsp3) is 0.182. The fourth-order valence-electron chi connectivity index (χ4n) is 1.32. The molecular formula is C11H5F6IO2. The van der Waals surface area contributed by atoms with Crippen LogP contribution in [0.3, 0.4) is 0 Å². The van der Waals surface area contributed by atoms with E-state index in [0.29, 0.717) is 24.3 Å². The van der Waals surface area contributed by atoms with Crippen molar-refractivity contribution in [2.24, 2.45) is 0 Å². The molecule has 0 amide bonds. The molecule has 0 saturated carbocycles. The van der Waals surface area contributed by atoms with Gasteiger partial charge in [0.1, 0.15) is 0 Å². The standard InChI is InChI=1S/C11H5F6IO2/c12-10(13,14)6-3-5(1-2-8(19)20)4-7(9(6)18)11(15,16)17/h1-4H,(H,19,20)/b2-1+. The van der Waals surface area contributed by atoms with Gasteiger partial charge in [0.05, 0.1) is 11.1 Å². The molecule has 0 aromatic heterocycles. The van der Waals surface area contributed by atoms with E-state index in [0.717, 1.165) is 22.6 Å². The predicted octanol–water partition coefficient (Wildman–Crippen LogP) is 4.43. The van der Waals surface area contributed by atoms with Crippen LogP contribution in [0.15, 0.2) is 18.2 Å². The van der Waals surface area contributed by atoms with E-state index < -0.39 is 38.6 Å². The van der Waals surface area contributed by atoms with Gasteiger partial charge in [-0.05, 0) is 46.4 Å². The highest BCUT2D eigenvalue weighted by atomic mass is 127. The van der Waals surface area contributed by atoms with Crippen molar-refractivity contribution in [1.29, 1.82) is 0 Å². The average molecular weight is 410 g/mol. The largest absolute Gasteiger partial charge is 0.478 e. The van der Waals surface area contributed by atoms with E-state index in [1.54, 1.807) is 0 Å². The molecule has 0 aliphatic carbocycles. The zero-order valence-corrected chi connectivity index (χ0v) is 11.5. The second-order valence-corrected chi connectivity index (χ2v) is 4.68. The van der Waals surface area contributed by atoms with Crippen LogP contribution in [0.2, 0.25) is 0 Å². The summed E-state index contributed by atoms with van der Waals surface area (Å²) in [5.41, 5.74) is -3.41. The molecule has 0 spiro atoms. The summed E-state index contributed by atoms with van der Waals surface area (Å²) in [6, 6.07) is 0.937. The minimum Gasteiger partial charge on any atom is -0.478 e. The Morgan fingerprint density at radius 1 is 1.05 bits per heavy atom. The average Bonchev–Trinajstić information content (AvgIpc) is 2.24. The number of rotatable bonds is 2. The molecule has 9 heteroatoms. The minimum absolute atomic E-state index is 0.461. The van der Waals surface area contributed by atoms with E-state index in [2.05, 4.69) is 0 Å². The third-order valence-electron chi connectivity index (χ3n) is 2.12. The molecule has 1 aromatic carbocycles. The zero-order chi connectivity index (χ0) is 15.7. The Morgan fingerprint density at radius 2 is 1.45 bits per heavy atom. The van der Waals surface area contributed by atoms with Gasteiger partial charge in [0.15, 0.2) is 0 Å². The summed E-state index contributed by atoms with van der Waals surface area (Å²) in [7, 11) is 0. The molecule has 2 nitrogen and oxygen atoms in total. The molecule has 0 saturated heterocycles. The highest BCUT2D eigenvalue weighted by Crippen LogP contribution is 2.41. The number of halogens is 7. The van der Waals surface area contributed by atoms with Crippen molar-refractivity contribution in [1.82, 2.24) is 0 Å². The number of hydrogen-bond acceptors (Lipinski definition) is 1. The van der Waals surface area contributed by atoms with Crippen molar-refractivity contribution in [3.05, 3.63) is 38.5 Å². The van der Waals surface area contributed by atoms with Crippen LogP contribution in [0.25, 0.3) is 6.08 Å². The summed E-state index contributed by atoms with van der Waals surface area (Å²) in [6.45, 7) is 0. The van der Waals surface area contributed by atoms with Gasteiger partial charge in [-0.3, -0.25) is 0 Å². The highest BCUT2D eigenvalue weighted by molar-refractivity contribution is 14.1. The molecule has 0 heterocycles. The van der Waals surface area contributed by atoms with Gasteiger partial charge in [0, 0.05) is 9.65 Å². The Labute approximate surface area is 122 Å². The van der Waals surface area contributed by atoms with Crippen molar-refractivity contribution < 1.29 is 36.2 Å². The van der Waals surface area contributed by atoms with Crippen molar-refractivity contribution in [3.8, 4) is 0 Å². The van der Waals surface area contributed by atoms with E-state index >= 15 is 0 Å². The van der Waals surface area contributed by atoms with Gasteiger partial charge in [0.25, 0.3) is 0 Å². The first kappa shape index (κ1) is 16.8. The number of alkyl halides is 6. The lowest BCUT2D eigenvalue weighted by atomic mass is 10.0. The molecule has 0 bridgehead atoms. The van der Waals surface area contributed by atoms with Crippen LogP contribution in [0.4, 0.5) is 26.3 Å². The number of carboxylic acids is 1. The molecule has 110 valence electrons. The smallest absolute Gasteiger partial charge is 0.417 e. The lowest BCUT2D eigenvalue weighted by Gasteiger charge is -2.16. The van der Waals surface area contributed by atoms with Gasteiger partial charge in [0.2, 0.25) is 0 Å². The Kier molecular flexibility index (Phi) is 4.72. The van der Waals surface area contributed by atoms with E-state index in [1.165, 1.54) is 0 Å². The first-order valence-corrected chi connectivity index (χ1v) is 5.89. The topological polar surface area (TPSA) is 37.3 Å². The third kappa shape index (κ3) is 4.12. The predicted molar refractivity (Wildman–Crippen MR) is 65.8 cm³/mol. The lowest BCUT2D eigenvalue weighted by Crippen LogP contribution is -2.15. The second-order valence-electron chi connectivity index (χ2n) is 3.60. The van der Waals surface area contributed by atoms with Crippen molar-refractivity contribution in [3.63, 3.8) is 0 Å². The maximum atomic E-state index is 12.7. The molecule has 0 unspecified atom stereocenters. The summed E-state index contributed by atoms with van der Waals surface area (Å²) in [5.74, 6) is -1.48. The molecule has 20 heavy (non-hydrogen) atoms. The molecular weight excluding hydrogens is 405 g/mol. The molecule has 0 fully saturated rings. The van der Waals surface area contributed by atoms with Crippen molar-refractivity contribution in [2.45, 2.75) is 12.4 Å². The number of carboxylic acid groups (broad SMARTS) is 1. The lowest BCUT2D eigenvalue weighted by molar-refractivity contribution is -0.144. The second kappa shape index (κ2) is 5.62. The summed E-state index contributed by atoms with van der Waals surface area (Å²) in [4.78, 5) is 10.3. The molecule has 0 radical (unpaired) electrons. The van der Waals surface area contributed by atoms with Gasteiger partial charge in [-0.25, -0.2) is 4.79 Å². The van der Waals surface area contributed by atoms with Crippen LogP contribution in [0.1, 0.15) is 16.7 Å². The first-order valence-electron chi connectivity index (χ1n) is 4.82. The Morgan fingerprint density at radius 3 is 1.75 bits per heavy atom. The van der Waals surface area contributed by atoms with Gasteiger partial charge < -0.3 is 5.11 Å². The van der Waals surface area contributed by atoms with E-state index in [1.807, 2.05) is 0 Å². The molecule has 1 rings (SSSR count). The molecule has 1 aromatic rings. The first-order chi connectivity index (χ1) is 8.93. The summed E-state index contributed by atoms with van der Waals surface area (Å²) >= 11 is 0.969. The summed E-state index contributed by atoms with van der Waals surface area (Å²) < 4.78 is 75.1. The van der Waals surface area contributed by atoms with E-state index in [9.17, 15) is 31.1 Å². The normalized spacial score (nSPS) is 12.9. The SMILES string of the molecule is O=C(O)/C=C/c1cc(C(F)(F)F)c(I)c(C(F)(F)F)c1. The van der Waals surface area contributed by atoms with Crippen LogP contribution in [-0.4, -0.2) is 11.1 Å². The minimum atomic E-state index is -4.97. The maximum absolute atomic E-state index is 12.7. The van der Waals surface area contributed by atoms with Crippen LogP contribution in [0, 0.1) is 3.57 Å². The Bertz CT molecular complexity index is 524. The van der Waals surface area contributed by atoms with Crippen molar-refractivity contribution >= 4 is 34.6 Å². The van der Waals surface area contributed by atoms with Crippen LogP contribution < -0.4 is 0 Å². The Hall–Kier alpha value is -1.26. The Balaban J connectivity index is 3.54. The van der Waals surface area contributed by atoms with Crippen LogP contribution in [-0.2, 0) is 17.1 Å².